The number of carbonyl (C=O) groups is 2. The molecule has 1 atom stereocenters. The van der Waals surface area contributed by atoms with E-state index in [9.17, 15) is 18.0 Å². The summed E-state index contributed by atoms with van der Waals surface area (Å²) in [5, 5.41) is 3.35. The first-order chi connectivity index (χ1) is 19.1. The van der Waals surface area contributed by atoms with Gasteiger partial charge in [0.15, 0.2) is 0 Å². The van der Waals surface area contributed by atoms with Crippen molar-refractivity contribution in [3.63, 3.8) is 0 Å². The molecule has 0 bridgehead atoms. The zero-order chi connectivity index (χ0) is 29.3. The Morgan fingerprint density at radius 1 is 0.950 bits per heavy atom. The van der Waals surface area contributed by atoms with Crippen LogP contribution in [0, 0.1) is 5.92 Å². The largest absolute Gasteiger partial charge is 0.497 e. The van der Waals surface area contributed by atoms with Crippen molar-refractivity contribution in [3.05, 3.63) is 89.4 Å². The van der Waals surface area contributed by atoms with Crippen LogP contribution < -0.4 is 14.4 Å². The summed E-state index contributed by atoms with van der Waals surface area (Å²) in [5.41, 5.74) is 1.09. The molecule has 40 heavy (non-hydrogen) atoms. The Morgan fingerprint density at radius 2 is 1.57 bits per heavy atom. The van der Waals surface area contributed by atoms with Gasteiger partial charge < -0.3 is 15.0 Å². The smallest absolute Gasteiger partial charge is 0.264 e. The fraction of sp³-hybridized carbons (Fsp3) is 0.333. The van der Waals surface area contributed by atoms with Crippen LogP contribution >= 0.6 is 11.6 Å². The topological polar surface area (TPSA) is 96.0 Å². The summed E-state index contributed by atoms with van der Waals surface area (Å²) in [7, 11) is -2.69. The highest BCUT2D eigenvalue weighted by atomic mass is 35.5. The van der Waals surface area contributed by atoms with Crippen molar-refractivity contribution in [2.24, 2.45) is 5.92 Å². The molecule has 0 aromatic heterocycles. The molecule has 0 aliphatic carbocycles. The van der Waals surface area contributed by atoms with Gasteiger partial charge in [0.05, 0.1) is 17.7 Å². The Hall–Kier alpha value is -3.56. The number of sulfonamides is 1. The lowest BCUT2D eigenvalue weighted by molar-refractivity contribution is -0.140. The van der Waals surface area contributed by atoms with Gasteiger partial charge in [0.2, 0.25) is 11.8 Å². The van der Waals surface area contributed by atoms with E-state index in [2.05, 4.69) is 5.32 Å². The zero-order valence-electron chi connectivity index (χ0n) is 23.2. The number of benzene rings is 3. The molecule has 1 unspecified atom stereocenters. The Morgan fingerprint density at radius 3 is 2.12 bits per heavy atom. The van der Waals surface area contributed by atoms with Crippen molar-refractivity contribution >= 4 is 39.1 Å². The Bertz CT molecular complexity index is 1360. The molecular formula is C30H36ClN3O5S. The summed E-state index contributed by atoms with van der Waals surface area (Å²) in [6.45, 7) is 5.90. The number of nitrogens with one attached hydrogen (secondary N) is 1. The summed E-state index contributed by atoms with van der Waals surface area (Å²) in [6, 6.07) is 20.7. The molecule has 1 N–H and O–H groups in total. The molecule has 214 valence electrons. The molecular weight excluding hydrogens is 550 g/mol. The molecule has 0 heterocycles. The summed E-state index contributed by atoms with van der Waals surface area (Å²) < 4.78 is 34.0. The predicted octanol–water partition coefficient (Wildman–Crippen LogP) is 5.12. The van der Waals surface area contributed by atoms with Gasteiger partial charge in [-0.25, -0.2) is 8.42 Å². The van der Waals surface area contributed by atoms with Gasteiger partial charge in [-0.05, 0) is 66.4 Å². The third-order valence-corrected chi connectivity index (χ3v) is 8.35. The van der Waals surface area contributed by atoms with Gasteiger partial charge in [0.1, 0.15) is 18.3 Å². The number of carbonyl (C=O) groups excluding carboxylic acids is 2. The molecule has 3 aromatic rings. The van der Waals surface area contributed by atoms with Gasteiger partial charge in [-0.1, -0.05) is 62.7 Å². The molecule has 0 aliphatic heterocycles. The Balaban J connectivity index is 2.02. The van der Waals surface area contributed by atoms with Gasteiger partial charge in [-0.3, -0.25) is 13.9 Å². The third-order valence-electron chi connectivity index (χ3n) is 6.31. The molecule has 0 saturated heterocycles. The number of rotatable bonds is 13. The fourth-order valence-corrected chi connectivity index (χ4v) is 5.67. The standard InChI is InChI=1S/C30H36ClN3O5S/c1-5-28(30(36)32-19-22(2)3)33(20-23-9-7-6-8-10-23)29(35)21-34(25-13-11-24(31)12-14-25)40(37,38)27-17-15-26(39-4)16-18-27/h6-18,22,28H,5,19-21H2,1-4H3,(H,32,36). The first-order valence-electron chi connectivity index (χ1n) is 13.1. The third kappa shape index (κ3) is 7.99. The summed E-state index contributed by atoms with van der Waals surface area (Å²) in [4.78, 5) is 28.7. The molecule has 0 radical (unpaired) electrons. The average molecular weight is 586 g/mol. The molecule has 8 nitrogen and oxygen atoms in total. The molecule has 0 fully saturated rings. The normalized spacial score (nSPS) is 12.1. The Labute approximate surface area is 241 Å². The Kier molecular flexibility index (Phi) is 11.0. The fourth-order valence-electron chi connectivity index (χ4n) is 4.13. The number of halogens is 1. The number of methoxy groups -OCH3 is 1. The maximum atomic E-state index is 14.0. The van der Waals surface area contributed by atoms with Crippen molar-refractivity contribution in [3.8, 4) is 5.75 Å². The molecule has 3 aromatic carbocycles. The minimum absolute atomic E-state index is 0.00706. The molecule has 2 amide bonds. The van der Waals surface area contributed by atoms with E-state index in [0.717, 1.165) is 9.87 Å². The predicted molar refractivity (Wildman–Crippen MR) is 158 cm³/mol. The van der Waals surface area contributed by atoms with Gasteiger partial charge in [0, 0.05) is 18.1 Å². The van der Waals surface area contributed by atoms with Crippen LogP contribution in [0.25, 0.3) is 0 Å². The van der Waals surface area contributed by atoms with Crippen LogP contribution in [0.5, 0.6) is 5.75 Å². The summed E-state index contributed by atoms with van der Waals surface area (Å²) >= 11 is 6.07. The van der Waals surface area contributed by atoms with E-state index in [1.54, 1.807) is 36.4 Å². The minimum atomic E-state index is -4.18. The van der Waals surface area contributed by atoms with Gasteiger partial charge >= 0.3 is 0 Å². The van der Waals surface area contributed by atoms with Crippen LogP contribution in [0.3, 0.4) is 0 Å². The second-order valence-corrected chi connectivity index (χ2v) is 12.0. The monoisotopic (exact) mass is 585 g/mol. The van der Waals surface area contributed by atoms with Crippen LogP contribution in [-0.2, 0) is 26.2 Å². The average Bonchev–Trinajstić information content (AvgIpc) is 2.95. The van der Waals surface area contributed by atoms with Crippen molar-refractivity contribution in [1.82, 2.24) is 10.2 Å². The number of amides is 2. The van der Waals surface area contributed by atoms with Crippen LogP contribution in [-0.4, -0.2) is 51.4 Å². The van der Waals surface area contributed by atoms with E-state index in [1.165, 1.54) is 24.1 Å². The van der Waals surface area contributed by atoms with Crippen LogP contribution in [0.2, 0.25) is 5.02 Å². The van der Waals surface area contributed by atoms with E-state index >= 15 is 0 Å². The van der Waals surface area contributed by atoms with E-state index in [0.29, 0.717) is 23.7 Å². The zero-order valence-corrected chi connectivity index (χ0v) is 24.8. The molecule has 10 heteroatoms. The second-order valence-electron chi connectivity index (χ2n) is 9.73. The second kappa shape index (κ2) is 14.2. The highest BCUT2D eigenvalue weighted by Crippen LogP contribution is 2.27. The highest BCUT2D eigenvalue weighted by Gasteiger charge is 2.33. The van der Waals surface area contributed by atoms with Crippen LogP contribution in [0.15, 0.2) is 83.8 Å². The lowest BCUT2D eigenvalue weighted by Gasteiger charge is -2.33. The van der Waals surface area contributed by atoms with E-state index in [4.69, 9.17) is 16.3 Å². The number of hydrogen-bond donors (Lipinski definition) is 1. The van der Waals surface area contributed by atoms with Crippen LogP contribution in [0.4, 0.5) is 5.69 Å². The summed E-state index contributed by atoms with van der Waals surface area (Å²) in [5.74, 6) is -0.0611. The lowest BCUT2D eigenvalue weighted by Crippen LogP contribution is -2.52. The van der Waals surface area contributed by atoms with Crippen molar-refractivity contribution in [2.75, 3.05) is 24.5 Å². The maximum Gasteiger partial charge on any atom is 0.264 e. The number of hydrogen-bond acceptors (Lipinski definition) is 5. The van der Waals surface area contributed by atoms with Gasteiger partial charge in [-0.15, -0.1) is 0 Å². The highest BCUT2D eigenvalue weighted by molar-refractivity contribution is 7.92. The summed E-state index contributed by atoms with van der Waals surface area (Å²) in [6.07, 6.45) is 0.356. The van der Waals surface area contributed by atoms with Crippen LogP contribution in [0.1, 0.15) is 32.8 Å². The lowest BCUT2D eigenvalue weighted by atomic mass is 10.1. The molecule has 0 aliphatic rings. The quantitative estimate of drug-likeness (QED) is 0.300. The van der Waals surface area contributed by atoms with E-state index in [-0.39, 0.29) is 29.0 Å². The molecule has 0 saturated carbocycles. The number of nitrogens with zero attached hydrogens (tertiary/aromatic N) is 2. The van der Waals surface area contributed by atoms with Gasteiger partial charge in [0.25, 0.3) is 10.0 Å². The minimum Gasteiger partial charge on any atom is -0.497 e. The van der Waals surface area contributed by atoms with Gasteiger partial charge in [-0.2, -0.15) is 0 Å². The molecule has 0 spiro atoms. The number of anilines is 1. The SMILES string of the molecule is CCC(C(=O)NCC(C)C)N(Cc1ccccc1)C(=O)CN(c1ccc(Cl)cc1)S(=O)(=O)c1ccc(OC)cc1. The first-order valence-corrected chi connectivity index (χ1v) is 14.9. The van der Waals surface area contributed by atoms with E-state index in [1.807, 2.05) is 51.1 Å². The first kappa shape index (κ1) is 31.0. The van der Waals surface area contributed by atoms with Crippen molar-refractivity contribution < 1.29 is 22.7 Å². The number of ether oxygens (including phenoxy) is 1. The molecule has 3 rings (SSSR count). The van der Waals surface area contributed by atoms with Crippen molar-refractivity contribution in [1.29, 1.82) is 0 Å². The van der Waals surface area contributed by atoms with Crippen molar-refractivity contribution in [2.45, 2.75) is 44.7 Å². The van der Waals surface area contributed by atoms with E-state index < -0.39 is 28.5 Å². The maximum absolute atomic E-state index is 14.0.